The largest absolute Gasteiger partial charge is 0.487 e. The maximum Gasteiger partial charge on any atom is 0.125 e. The van der Waals surface area contributed by atoms with Crippen LogP contribution in [0.25, 0.3) is 0 Å². The average molecular weight is 231 g/mol. The van der Waals surface area contributed by atoms with Crippen molar-refractivity contribution < 1.29 is 4.74 Å². The van der Waals surface area contributed by atoms with Crippen LogP contribution in [0.15, 0.2) is 18.2 Å². The number of rotatable bonds is 2. The molecule has 0 spiro atoms. The zero-order valence-corrected chi connectivity index (χ0v) is 10.6. The molecule has 1 aliphatic heterocycles. The third kappa shape index (κ3) is 2.13. The van der Waals surface area contributed by atoms with Gasteiger partial charge >= 0.3 is 0 Å². The molecule has 1 N–H and O–H groups in total. The van der Waals surface area contributed by atoms with Crippen LogP contribution in [0.2, 0.25) is 0 Å². The summed E-state index contributed by atoms with van der Waals surface area (Å²) in [6.45, 7) is 3.35. The Hall–Kier alpha value is -1.18. The molecule has 1 fully saturated rings. The summed E-state index contributed by atoms with van der Waals surface area (Å²) in [5.41, 5.74) is 2.73. The predicted molar refractivity (Wildman–Crippen MR) is 70.8 cm³/mol. The van der Waals surface area contributed by atoms with Crippen LogP contribution >= 0.6 is 0 Å². The minimum Gasteiger partial charge on any atom is -0.487 e. The number of hydrogen-bond donors (Lipinski definition) is 1. The van der Waals surface area contributed by atoms with E-state index < -0.39 is 0 Å². The van der Waals surface area contributed by atoms with E-state index in [-0.39, 0.29) is 5.60 Å². The fourth-order valence-corrected chi connectivity index (χ4v) is 3.06. The molecule has 1 saturated carbocycles. The van der Waals surface area contributed by atoms with Crippen molar-refractivity contribution in [3.63, 3.8) is 0 Å². The Morgan fingerprint density at radius 2 is 2.00 bits per heavy atom. The van der Waals surface area contributed by atoms with Crippen molar-refractivity contribution in [3.05, 3.63) is 23.8 Å². The molecule has 0 radical (unpaired) electrons. The fraction of sp³-hybridized carbons (Fsp3) is 0.600. The minimum atomic E-state index is 0.0760. The van der Waals surface area contributed by atoms with E-state index in [4.69, 9.17) is 4.74 Å². The van der Waals surface area contributed by atoms with Gasteiger partial charge in [0, 0.05) is 17.8 Å². The highest BCUT2D eigenvalue weighted by atomic mass is 16.5. The molecule has 0 amide bonds. The van der Waals surface area contributed by atoms with Crippen molar-refractivity contribution in [1.82, 2.24) is 0 Å². The fourth-order valence-electron chi connectivity index (χ4n) is 3.06. The lowest BCUT2D eigenvalue weighted by Crippen LogP contribution is -2.29. The van der Waals surface area contributed by atoms with E-state index in [1.54, 1.807) is 0 Å². The summed E-state index contributed by atoms with van der Waals surface area (Å²) < 4.78 is 6.32. The highest BCUT2D eigenvalue weighted by Crippen LogP contribution is 2.38. The molecular weight excluding hydrogens is 210 g/mol. The molecule has 0 bridgehead atoms. The number of hydrogen-bond acceptors (Lipinski definition) is 2. The lowest BCUT2D eigenvalue weighted by Gasteiger charge is -2.29. The van der Waals surface area contributed by atoms with E-state index in [1.165, 1.54) is 43.4 Å². The first-order valence-corrected chi connectivity index (χ1v) is 6.82. The molecule has 2 heteroatoms. The van der Waals surface area contributed by atoms with Gasteiger partial charge in [0.15, 0.2) is 0 Å². The van der Waals surface area contributed by atoms with E-state index in [2.05, 4.69) is 30.4 Å². The zero-order valence-electron chi connectivity index (χ0n) is 10.6. The van der Waals surface area contributed by atoms with Gasteiger partial charge in [-0.25, -0.2) is 0 Å². The van der Waals surface area contributed by atoms with E-state index >= 15 is 0 Å². The molecule has 1 heterocycles. The topological polar surface area (TPSA) is 21.3 Å². The van der Waals surface area contributed by atoms with Crippen molar-refractivity contribution in [3.8, 4) is 5.75 Å². The van der Waals surface area contributed by atoms with Crippen molar-refractivity contribution >= 4 is 5.69 Å². The van der Waals surface area contributed by atoms with E-state index in [1.807, 2.05) is 0 Å². The summed E-state index contributed by atoms with van der Waals surface area (Å²) in [6.07, 6.45) is 7.38. The quantitative estimate of drug-likeness (QED) is 0.837. The van der Waals surface area contributed by atoms with Crippen molar-refractivity contribution in [2.24, 2.45) is 0 Å². The smallest absolute Gasteiger partial charge is 0.125 e. The van der Waals surface area contributed by atoms with E-state index in [9.17, 15) is 0 Å². The number of fused-ring (bicyclic) bond motifs is 1. The Morgan fingerprint density at radius 3 is 2.82 bits per heavy atom. The summed E-state index contributed by atoms with van der Waals surface area (Å²) >= 11 is 0. The number of nitrogens with one attached hydrogen (secondary N) is 1. The maximum absolute atomic E-state index is 6.32. The number of ether oxygens (including phenoxy) is 1. The second-order valence-corrected chi connectivity index (χ2v) is 5.57. The summed E-state index contributed by atoms with van der Waals surface area (Å²) in [4.78, 5) is 0. The summed E-state index contributed by atoms with van der Waals surface area (Å²) in [5, 5.41) is 3.46. The van der Waals surface area contributed by atoms with Crippen molar-refractivity contribution in [1.29, 1.82) is 0 Å². The number of benzene rings is 1. The Labute approximate surface area is 103 Å². The SMILES string of the molecule is CC1(Oc2cccc3c2CCCN3)CCCC1. The summed E-state index contributed by atoms with van der Waals surface area (Å²) in [6, 6.07) is 6.40. The highest BCUT2D eigenvalue weighted by Gasteiger charge is 2.31. The van der Waals surface area contributed by atoms with Gasteiger partial charge in [-0.1, -0.05) is 6.07 Å². The first kappa shape index (κ1) is 10.9. The van der Waals surface area contributed by atoms with Gasteiger partial charge in [-0.05, 0) is 57.6 Å². The molecule has 1 aliphatic carbocycles. The van der Waals surface area contributed by atoms with Gasteiger partial charge in [-0.2, -0.15) is 0 Å². The Balaban J connectivity index is 1.87. The first-order chi connectivity index (χ1) is 8.27. The second kappa shape index (κ2) is 4.25. The molecule has 0 saturated heterocycles. The van der Waals surface area contributed by atoms with Gasteiger partial charge in [0.05, 0.1) is 0 Å². The molecule has 2 nitrogen and oxygen atoms in total. The minimum absolute atomic E-state index is 0.0760. The molecule has 0 aromatic heterocycles. The molecular formula is C15H21NO. The Kier molecular flexibility index (Phi) is 2.73. The zero-order chi connectivity index (χ0) is 11.7. The lowest BCUT2D eigenvalue weighted by molar-refractivity contribution is 0.0955. The van der Waals surface area contributed by atoms with Gasteiger partial charge < -0.3 is 10.1 Å². The van der Waals surface area contributed by atoms with Gasteiger partial charge in [0.2, 0.25) is 0 Å². The van der Waals surface area contributed by atoms with Crippen molar-refractivity contribution in [2.45, 2.75) is 51.0 Å². The summed E-state index contributed by atoms with van der Waals surface area (Å²) in [7, 11) is 0. The van der Waals surface area contributed by atoms with Gasteiger partial charge in [-0.3, -0.25) is 0 Å². The molecule has 0 unspecified atom stereocenters. The molecule has 2 aliphatic rings. The monoisotopic (exact) mass is 231 g/mol. The van der Waals surface area contributed by atoms with Crippen LogP contribution in [0.5, 0.6) is 5.75 Å². The third-order valence-corrected chi connectivity index (χ3v) is 4.07. The van der Waals surface area contributed by atoms with Crippen LogP contribution in [0, 0.1) is 0 Å². The first-order valence-electron chi connectivity index (χ1n) is 6.82. The van der Waals surface area contributed by atoms with E-state index in [0.29, 0.717) is 0 Å². The van der Waals surface area contributed by atoms with Crippen LogP contribution < -0.4 is 10.1 Å². The molecule has 3 rings (SSSR count). The second-order valence-electron chi connectivity index (χ2n) is 5.57. The van der Waals surface area contributed by atoms with Crippen LogP contribution in [0.4, 0.5) is 5.69 Å². The van der Waals surface area contributed by atoms with Crippen LogP contribution in [-0.4, -0.2) is 12.1 Å². The average Bonchev–Trinajstić information content (AvgIpc) is 2.76. The standard InChI is InChI=1S/C15H21NO/c1-15(9-2-3-10-15)17-14-8-4-7-13-12(14)6-5-11-16-13/h4,7-8,16H,2-3,5-6,9-11H2,1H3. The van der Waals surface area contributed by atoms with E-state index in [0.717, 1.165) is 18.7 Å². The van der Waals surface area contributed by atoms with Crippen LogP contribution in [0.3, 0.4) is 0 Å². The lowest BCUT2D eigenvalue weighted by atomic mass is 10.0. The van der Waals surface area contributed by atoms with Crippen LogP contribution in [-0.2, 0) is 6.42 Å². The van der Waals surface area contributed by atoms with Gasteiger partial charge in [0.1, 0.15) is 11.4 Å². The number of anilines is 1. The predicted octanol–water partition coefficient (Wildman–Crippen LogP) is 3.76. The molecule has 1 aromatic carbocycles. The molecule has 1 aromatic rings. The van der Waals surface area contributed by atoms with Gasteiger partial charge in [-0.15, -0.1) is 0 Å². The van der Waals surface area contributed by atoms with Crippen molar-refractivity contribution in [2.75, 3.05) is 11.9 Å². The van der Waals surface area contributed by atoms with Gasteiger partial charge in [0.25, 0.3) is 0 Å². The Bertz CT molecular complexity index is 407. The maximum atomic E-state index is 6.32. The molecule has 17 heavy (non-hydrogen) atoms. The highest BCUT2D eigenvalue weighted by molar-refractivity contribution is 5.59. The molecule has 92 valence electrons. The molecule has 0 atom stereocenters. The third-order valence-electron chi connectivity index (χ3n) is 4.07. The van der Waals surface area contributed by atoms with Crippen LogP contribution in [0.1, 0.15) is 44.6 Å². The summed E-state index contributed by atoms with van der Waals surface area (Å²) in [5.74, 6) is 1.11. The normalized spacial score (nSPS) is 21.7. The Morgan fingerprint density at radius 1 is 1.18 bits per heavy atom.